The zero-order valence-corrected chi connectivity index (χ0v) is 13.2. The van der Waals surface area contributed by atoms with Crippen LogP contribution in [0.3, 0.4) is 0 Å². The standard InChI is InChI=1S/C17H23N3O2/c1-12(2)16(21)10-17(22)19-13(3)14-4-6-15(7-5-14)20-9-8-18-11-20/h4-9,11-13,16,21H,10H2,1-3H3,(H,19,22). The fraction of sp³-hybridized carbons (Fsp3) is 0.412. The first kappa shape index (κ1) is 16.2. The molecule has 2 aromatic rings. The van der Waals surface area contributed by atoms with Crippen LogP contribution in [0, 0.1) is 5.92 Å². The number of hydrogen-bond acceptors (Lipinski definition) is 3. The van der Waals surface area contributed by atoms with Gasteiger partial charge in [0, 0.05) is 18.1 Å². The number of aliphatic hydroxyl groups is 1. The van der Waals surface area contributed by atoms with E-state index in [0.717, 1.165) is 11.3 Å². The van der Waals surface area contributed by atoms with Gasteiger partial charge in [0.1, 0.15) is 0 Å². The first-order chi connectivity index (χ1) is 10.5. The number of carbonyl (C=O) groups excluding carboxylic acids is 1. The Morgan fingerprint density at radius 1 is 1.27 bits per heavy atom. The van der Waals surface area contributed by atoms with E-state index in [1.807, 2.05) is 55.8 Å². The second kappa shape index (κ2) is 7.22. The molecule has 0 bridgehead atoms. The molecule has 1 aromatic carbocycles. The van der Waals surface area contributed by atoms with Gasteiger partial charge in [0.25, 0.3) is 0 Å². The fourth-order valence-electron chi connectivity index (χ4n) is 2.16. The van der Waals surface area contributed by atoms with Crippen LogP contribution >= 0.6 is 0 Å². The van der Waals surface area contributed by atoms with Crippen LogP contribution in [0.2, 0.25) is 0 Å². The predicted molar refractivity (Wildman–Crippen MR) is 85.6 cm³/mol. The van der Waals surface area contributed by atoms with E-state index in [4.69, 9.17) is 0 Å². The first-order valence-electron chi connectivity index (χ1n) is 7.53. The van der Waals surface area contributed by atoms with Crippen molar-refractivity contribution in [2.75, 3.05) is 0 Å². The van der Waals surface area contributed by atoms with E-state index < -0.39 is 6.10 Å². The van der Waals surface area contributed by atoms with Crippen molar-refractivity contribution in [1.82, 2.24) is 14.9 Å². The molecule has 1 aromatic heterocycles. The van der Waals surface area contributed by atoms with E-state index in [1.165, 1.54) is 0 Å². The summed E-state index contributed by atoms with van der Waals surface area (Å²) in [5, 5.41) is 12.7. The van der Waals surface area contributed by atoms with Crippen LogP contribution in [0.1, 0.15) is 38.8 Å². The third kappa shape index (κ3) is 4.18. The normalized spacial score (nSPS) is 13.9. The molecular formula is C17H23N3O2. The van der Waals surface area contributed by atoms with Gasteiger partial charge in [-0.05, 0) is 30.5 Å². The lowest BCUT2D eigenvalue weighted by molar-refractivity contribution is -0.124. The average Bonchev–Trinajstić information content (AvgIpc) is 3.01. The van der Waals surface area contributed by atoms with Crippen LogP contribution < -0.4 is 5.32 Å². The molecule has 1 heterocycles. The van der Waals surface area contributed by atoms with Crippen LogP contribution in [-0.2, 0) is 4.79 Å². The van der Waals surface area contributed by atoms with E-state index in [9.17, 15) is 9.90 Å². The van der Waals surface area contributed by atoms with Crippen LogP contribution in [0.15, 0.2) is 43.0 Å². The van der Waals surface area contributed by atoms with Gasteiger partial charge in [-0.2, -0.15) is 0 Å². The third-order valence-corrected chi connectivity index (χ3v) is 3.74. The maximum atomic E-state index is 11.9. The summed E-state index contributed by atoms with van der Waals surface area (Å²) < 4.78 is 1.92. The van der Waals surface area contributed by atoms with Crippen molar-refractivity contribution >= 4 is 5.91 Å². The maximum absolute atomic E-state index is 11.9. The van der Waals surface area contributed by atoms with Crippen molar-refractivity contribution in [2.45, 2.75) is 39.3 Å². The van der Waals surface area contributed by atoms with Crippen molar-refractivity contribution in [3.8, 4) is 5.69 Å². The summed E-state index contributed by atoms with van der Waals surface area (Å²) in [6.45, 7) is 5.73. The molecule has 22 heavy (non-hydrogen) atoms. The maximum Gasteiger partial charge on any atom is 0.223 e. The van der Waals surface area contributed by atoms with E-state index in [-0.39, 0.29) is 24.3 Å². The van der Waals surface area contributed by atoms with Crippen molar-refractivity contribution in [3.05, 3.63) is 48.5 Å². The predicted octanol–water partition coefficient (Wildman–Crippen LogP) is 2.46. The Bertz CT molecular complexity index is 591. The highest BCUT2D eigenvalue weighted by Gasteiger charge is 2.16. The van der Waals surface area contributed by atoms with Crippen LogP contribution in [-0.4, -0.2) is 26.7 Å². The molecule has 2 N–H and O–H groups in total. The van der Waals surface area contributed by atoms with Gasteiger partial charge in [0.15, 0.2) is 0 Å². The highest BCUT2D eigenvalue weighted by atomic mass is 16.3. The third-order valence-electron chi connectivity index (χ3n) is 3.74. The Hall–Kier alpha value is -2.14. The molecule has 0 spiro atoms. The number of hydrogen-bond donors (Lipinski definition) is 2. The lowest BCUT2D eigenvalue weighted by atomic mass is 10.0. The number of imidazole rings is 1. The van der Waals surface area contributed by atoms with E-state index in [1.54, 1.807) is 12.5 Å². The Kier molecular flexibility index (Phi) is 5.33. The molecule has 0 saturated heterocycles. The minimum atomic E-state index is -0.601. The van der Waals surface area contributed by atoms with Gasteiger partial charge in [-0.25, -0.2) is 4.98 Å². The number of carbonyl (C=O) groups is 1. The molecule has 2 rings (SSSR count). The smallest absolute Gasteiger partial charge is 0.223 e. The summed E-state index contributed by atoms with van der Waals surface area (Å²) in [5.74, 6) is -0.0529. The number of aromatic nitrogens is 2. The molecule has 5 heteroatoms. The summed E-state index contributed by atoms with van der Waals surface area (Å²) in [5.41, 5.74) is 2.05. The quantitative estimate of drug-likeness (QED) is 0.861. The van der Waals surface area contributed by atoms with Crippen molar-refractivity contribution in [2.24, 2.45) is 5.92 Å². The van der Waals surface area contributed by atoms with Crippen LogP contribution in [0.5, 0.6) is 0 Å². The highest BCUT2D eigenvalue weighted by molar-refractivity contribution is 5.76. The van der Waals surface area contributed by atoms with Crippen molar-refractivity contribution in [3.63, 3.8) is 0 Å². The molecule has 0 radical (unpaired) electrons. The van der Waals surface area contributed by atoms with Gasteiger partial charge in [0.05, 0.1) is 24.9 Å². The number of rotatable bonds is 6. The van der Waals surface area contributed by atoms with E-state index >= 15 is 0 Å². The van der Waals surface area contributed by atoms with Gasteiger partial charge in [-0.15, -0.1) is 0 Å². The fourth-order valence-corrected chi connectivity index (χ4v) is 2.16. The van der Waals surface area contributed by atoms with E-state index in [0.29, 0.717) is 0 Å². The first-order valence-corrected chi connectivity index (χ1v) is 7.53. The second-order valence-electron chi connectivity index (χ2n) is 5.87. The number of nitrogens with zero attached hydrogens (tertiary/aromatic N) is 2. The molecule has 1 amide bonds. The number of benzene rings is 1. The van der Waals surface area contributed by atoms with Gasteiger partial charge < -0.3 is 15.0 Å². The van der Waals surface area contributed by atoms with Gasteiger partial charge in [-0.1, -0.05) is 26.0 Å². The molecule has 118 valence electrons. The highest BCUT2D eigenvalue weighted by Crippen LogP contribution is 2.16. The zero-order chi connectivity index (χ0) is 16.1. The summed E-state index contributed by atoms with van der Waals surface area (Å²) in [4.78, 5) is 15.9. The SMILES string of the molecule is CC(NC(=O)CC(O)C(C)C)c1ccc(-n2ccnc2)cc1. The van der Waals surface area contributed by atoms with Gasteiger partial charge in [0.2, 0.25) is 5.91 Å². The molecule has 0 fully saturated rings. The van der Waals surface area contributed by atoms with Crippen LogP contribution in [0.25, 0.3) is 5.69 Å². The van der Waals surface area contributed by atoms with E-state index in [2.05, 4.69) is 10.3 Å². The van der Waals surface area contributed by atoms with Gasteiger partial charge >= 0.3 is 0 Å². The number of aliphatic hydroxyl groups excluding tert-OH is 1. The molecule has 5 nitrogen and oxygen atoms in total. The minimum Gasteiger partial charge on any atom is -0.392 e. The molecular weight excluding hydrogens is 278 g/mol. The Balaban J connectivity index is 1.95. The van der Waals surface area contributed by atoms with Gasteiger partial charge in [-0.3, -0.25) is 4.79 Å². The Morgan fingerprint density at radius 2 is 1.95 bits per heavy atom. The molecule has 0 aliphatic heterocycles. The summed E-state index contributed by atoms with van der Waals surface area (Å²) in [6, 6.07) is 7.85. The Labute approximate surface area is 131 Å². The molecule has 0 aliphatic carbocycles. The second-order valence-corrected chi connectivity index (χ2v) is 5.87. The number of nitrogens with one attached hydrogen (secondary N) is 1. The van der Waals surface area contributed by atoms with Crippen molar-refractivity contribution < 1.29 is 9.90 Å². The summed E-state index contributed by atoms with van der Waals surface area (Å²) in [6.07, 6.45) is 4.89. The number of amides is 1. The minimum absolute atomic E-state index is 0.0792. The van der Waals surface area contributed by atoms with Crippen molar-refractivity contribution in [1.29, 1.82) is 0 Å². The molecule has 0 saturated carbocycles. The Morgan fingerprint density at radius 3 is 2.50 bits per heavy atom. The summed E-state index contributed by atoms with van der Waals surface area (Å²) in [7, 11) is 0. The largest absolute Gasteiger partial charge is 0.392 e. The lowest BCUT2D eigenvalue weighted by Gasteiger charge is -2.18. The zero-order valence-electron chi connectivity index (χ0n) is 13.2. The van der Waals surface area contributed by atoms with Crippen LogP contribution in [0.4, 0.5) is 0 Å². The molecule has 0 aliphatic rings. The topological polar surface area (TPSA) is 67.2 Å². The lowest BCUT2D eigenvalue weighted by Crippen LogP contribution is -2.31. The average molecular weight is 301 g/mol. The molecule has 2 unspecified atom stereocenters. The monoisotopic (exact) mass is 301 g/mol. The summed E-state index contributed by atoms with van der Waals surface area (Å²) >= 11 is 0. The molecule has 2 atom stereocenters.